The van der Waals surface area contributed by atoms with Crippen molar-refractivity contribution in [1.82, 2.24) is 5.32 Å². The zero-order chi connectivity index (χ0) is 16.2. The minimum absolute atomic E-state index is 0.234. The Morgan fingerprint density at radius 1 is 1.19 bits per heavy atom. The van der Waals surface area contributed by atoms with Crippen LogP contribution in [0.1, 0.15) is 33.3 Å². The molecule has 2 nitrogen and oxygen atoms in total. The molecule has 0 atom stereocenters. The van der Waals surface area contributed by atoms with Gasteiger partial charge in [0.2, 0.25) is 0 Å². The number of rotatable bonds is 6. The Bertz CT molecular complexity index is 459. The van der Waals surface area contributed by atoms with E-state index >= 15 is 0 Å². The second-order valence-corrected chi connectivity index (χ2v) is 6.51. The highest BCUT2D eigenvalue weighted by Crippen LogP contribution is 2.31. The summed E-state index contributed by atoms with van der Waals surface area (Å²) in [5.41, 5.74) is 1.60. The van der Waals surface area contributed by atoms with E-state index < -0.39 is 12.7 Å². The van der Waals surface area contributed by atoms with Crippen molar-refractivity contribution >= 4 is 21.6 Å². The molecule has 0 saturated carbocycles. The van der Waals surface area contributed by atoms with Crippen LogP contribution in [0.15, 0.2) is 22.7 Å². The Hall–Kier alpha value is -0.750. The average Bonchev–Trinajstić information content (AvgIpc) is 2.32. The van der Waals surface area contributed by atoms with E-state index in [1.54, 1.807) is 19.9 Å². The first-order chi connectivity index (χ1) is 9.60. The van der Waals surface area contributed by atoms with Crippen molar-refractivity contribution < 1.29 is 13.2 Å². The van der Waals surface area contributed by atoms with Gasteiger partial charge < -0.3 is 10.2 Å². The fourth-order valence-corrected chi connectivity index (χ4v) is 2.61. The van der Waals surface area contributed by atoms with Crippen molar-refractivity contribution in [3.05, 3.63) is 28.2 Å². The summed E-state index contributed by atoms with van der Waals surface area (Å²) in [5, 5.41) is 3.28. The molecule has 0 aliphatic carbocycles. The Morgan fingerprint density at radius 2 is 1.81 bits per heavy atom. The summed E-state index contributed by atoms with van der Waals surface area (Å²) in [4.78, 5) is 1.35. The van der Waals surface area contributed by atoms with Gasteiger partial charge in [-0.15, -0.1) is 0 Å². The molecule has 0 bridgehead atoms. The van der Waals surface area contributed by atoms with E-state index in [0.29, 0.717) is 22.7 Å². The molecular formula is C15H22BrF3N2. The molecule has 0 unspecified atom stereocenters. The first-order valence-corrected chi connectivity index (χ1v) is 7.74. The zero-order valence-corrected chi connectivity index (χ0v) is 14.3. The molecule has 21 heavy (non-hydrogen) atoms. The fourth-order valence-electron chi connectivity index (χ4n) is 1.95. The number of alkyl halides is 3. The number of nitrogens with one attached hydrogen (secondary N) is 1. The monoisotopic (exact) mass is 366 g/mol. The summed E-state index contributed by atoms with van der Waals surface area (Å²) in [7, 11) is 0. The van der Waals surface area contributed by atoms with Gasteiger partial charge >= 0.3 is 6.18 Å². The predicted octanol–water partition coefficient (Wildman–Crippen LogP) is 4.72. The van der Waals surface area contributed by atoms with Crippen LogP contribution in [-0.2, 0) is 6.54 Å². The van der Waals surface area contributed by atoms with Gasteiger partial charge in [0.1, 0.15) is 6.54 Å². The molecule has 0 spiro atoms. The predicted molar refractivity (Wildman–Crippen MR) is 84.7 cm³/mol. The van der Waals surface area contributed by atoms with Crippen LogP contribution in [0.5, 0.6) is 0 Å². The van der Waals surface area contributed by atoms with Crippen molar-refractivity contribution in [2.75, 3.05) is 11.4 Å². The standard InChI is InChI=1S/C15H22BrF3N2/c1-10(2)20-8-12-5-6-14(13(16)7-12)21(11(3)4)9-15(17,18)19/h5-7,10-11,20H,8-9H2,1-4H3. The van der Waals surface area contributed by atoms with E-state index in [2.05, 4.69) is 21.2 Å². The molecule has 0 aromatic heterocycles. The number of anilines is 1. The third kappa shape index (κ3) is 6.26. The van der Waals surface area contributed by atoms with Gasteiger partial charge in [0.15, 0.2) is 0 Å². The molecule has 1 rings (SSSR count). The maximum absolute atomic E-state index is 12.7. The molecule has 0 saturated heterocycles. The van der Waals surface area contributed by atoms with Gasteiger partial charge in [0.05, 0.1) is 5.69 Å². The highest BCUT2D eigenvalue weighted by molar-refractivity contribution is 9.10. The third-order valence-electron chi connectivity index (χ3n) is 3.01. The Kier molecular flexibility index (Phi) is 6.53. The highest BCUT2D eigenvalue weighted by Gasteiger charge is 2.32. The summed E-state index contributed by atoms with van der Waals surface area (Å²) in [6.45, 7) is 7.35. The van der Waals surface area contributed by atoms with Crippen LogP contribution in [0, 0.1) is 0 Å². The van der Waals surface area contributed by atoms with Gasteiger partial charge in [0, 0.05) is 23.1 Å². The number of nitrogens with zero attached hydrogens (tertiary/aromatic N) is 1. The van der Waals surface area contributed by atoms with Gasteiger partial charge in [-0.1, -0.05) is 19.9 Å². The SMILES string of the molecule is CC(C)NCc1ccc(N(CC(F)(F)F)C(C)C)c(Br)c1. The summed E-state index contributed by atoms with van der Waals surface area (Å²) < 4.78 is 38.8. The minimum Gasteiger partial charge on any atom is -0.359 e. The van der Waals surface area contributed by atoms with Crippen molar-refractivity contribution in [1.29, 1.82) is 0 Å². The topological polar surface area (TPSA) is 15.3 Å². The van der Waals surface area contributed by atoms with E-state index in [9.17, 15) is 13.2 Å². The summed E-state index contributed by atoms with van der Waals surface area (Å²) in [5.74, 6) is 0. The minimum atomic E-state index is -4.22. The molecule has 120 valence electrons. The Morgan fingerprint density at radius 3 is 2.24 bits per heavy atom. The summed E-state index contributed by atoms with van der Waals surface area (Å²) in [6, 6.07) is 5.61. The normalized spacial score (nSPS) is 12.3. The van der Waals surface area contributed by atoms with Crippen LogP contribution in [0.2, 0.25) is 0 Å². The lowest BCUT2D eigenvalue weighted by Crippen LogP contribution is -2.39. The van der Waals surface area contributed by atoms with Crippen molar-refractivity contribution in [3.8, 4) is 0 Å². The maximum atomic E-state index is 12.7. The Balaban J connectivity index is 2.95. The van der Waals surface area contributed by atoms with E-state index in [1.807, 2.05) is 26.0 Å². The quantitative estimate of drug-likeness (QED) is 0.783. The number of benzene rings is 1. The van der Waals surface area contributed by atoms with Gasteiger partial charge in [-0.3, -0.25) is 0 Å². The van der Waals surface area contributed by atoms with E-state index in [0.717, 1.165) is 5.56 Å². The van der Waals surface area contributed by atoms with Crippen molar-refractivity contribution in [2.24, 2.45) is 0 Å². The van der Waals surface area contributed by atoms with E-state index in [1.165, 1.54) is 4.90 Å². The lowest BCUT2D eigenvalue weighted by Gasteiger charge is -2.31. The molecule has 1 aromatic rings. The van der Waals surface area contributed by atoms with Gasteiger partial charge in [-0.05, 0) is 47.5 Å². The van der Waals surface area contributed by atoms with Crippen LogP contribution in [0.4, 0.5) is 18.9 Å². The van der Waals surface area contributed by atoms with Gasteiger partial charge in [-0.25, -0.2) is 0 Å². The van der Waals surface area contributed by atoms with Crippen molar-refractivity contribution in [3.63, 3.8) is 0 Å². The molecule has 6 heteroatoms. The fraction of sp³-hybridized carbons (Fsp3) is 0.600. The van der Waals surface area contributed by atoms with E-state index in [-0.39, 0.29) is 6.04 Å². The number of hydrogen-bond donors (Lipinski definition) is 1. The summed E-state index contributed by atoms with van der Waals surface area (Å²) in [6.07, 6.45) is -4.22. The molecule has 0 amide bonds. The van der Waals surface area contributed by atoms with Crippen LogP contribution in [-0.4, -0.2) is 24.8 Å². The van der Waals surface area contributed by atoms with Crippen LogP contribution in [0.25, 0.3) is 0 Å². The van der Waals surface area contributed by atoms with Crippen LogP contribution >= 0.6 is 15.9 Å². The lowest BCUT2D eigenvalue weighted by molar-refractivity contribution is -0.120. The smallest absolute Gasteiger partial charge is 0.359 e. The van der Waals surface area contributed by atoms with Crippen LogP contribution in [0.3, 0.4) is 0 Å². The average molecular weight is 367 g/mol. The number of halogens is 4. The summed E-state index contributed by atoms with van der Waals surface area (Å²) >= 11 is 3.39. The largest absolute Gasteiger partial charge is 0.405 e. The molecule has 0 heterocycles. The zero-order valence-electron chi connectivity index (χ0n) is 12.8. The molecule has 0 radical (unpaired) electrons. The highest BCUT2D eigenvalue weighted by atomic mass is 79.9. The van der Waals surface area contributed by atoms with Crippen LogP contribution < -0.4 is 10.2 Å². The number of hydrogen-bond acceptors (Lipinski definition) is 2. The molecule has 0 aliphatic heterocycles. The molecule has 0 aliphatic rings. The molecule has 0 fully saturated rings. The van der Waals surface area contributed by atoms with Crippen molar-refractivity contribution in [2.45, 2.75) is 52.5 Å². The molecule has 1 aromatic carbocycles. The lowest BCUT2D eigenvalue weighted by atomic mass is 10.1. The van der Waals surface area contributed by atoms with Gasteiger partial charge in [-0.2, -0.15) is 13.2 Å². The first-order valence-electron chi connectivity index (χ1n) is 6.95. The maximum Gasteiger partial charge on any atom is 0.405 e. The second-order valence-electron chi connectivity index (χ2n) is 5.66. The second kappa shape index (κ2) is 7.49. The van der Waals surface area contributed by atoms with Gasteiger partial charge in [0.25, 0.3) is 0 Å². The first kappa shape index (κ1) is 18.3. The molecular weight excluding hydrogens is 345 g/mol. The van der Waals surface area contributed by atoms with E-state index in [4.69, 9.17) is 0 Å². The Labute approximate surface area is 132 Å². The molecule has 1 N–H and O–H groups in total. The third-order valence-corrected chi connectivity index (χ3v) is 3.64.